The molecule has 146 valence electrons. The minimum absolute atomic E-state index is 0.0614. The van der Waals surface area contributed by atoms with E-state index in [1.165, 1.54) is 25.3 Å². The molecule has 0 heterocycles. The van der Waals surface area contributed by atoms with Crippen molar-refractivity contribution in [1.29, 1.82) is 5.26 Å². The Bertz CT molecular complexity index is 753. The molecule has 0 radical (unpaired) electrons. The molecule has 0 aromatic heterocycles. The zero-order valence-electron chi connectivity index (χ0n) is 16.6. The summed E-state index contributed by atoms with van der Waals surface area (Å²) < 4.78 is 15.2. The van der Waals surface area contributed by atoms with Crippen molar-refractivity contribution in [2.24, 2.45) is 0 Å². The molecular formula is C19H24N2O6. The summed E-state index contributed by atoms with van der Waals surface area (Å²) in [5.74, 6) is -0.654. The van der Waals surface area contributed by atoms with Crippen molar-refractivity contribution in [3.8, 4) is 6.07 Å². The molecule has 8 heteroatoms. The lowest BCUT2D eigenvalue weighted by Crippen LogP contribution is -2.44. The summed E-state index contributed by atoms with van der Waals surface area (Å²) in [4.78, 5) is 37.6. The van der Waals surface area contributed by atoms with Crippen LogP contribution in [0.2, 0.25) is 0 Å². The molecule has 1 rings (SSSR count). The third-order valence-corrected chi connectivity index (χ3v) is 2.93. The van der Waals surface area contributed by atoms with Gasteiger partial charge < -0.3 is 14.2 Å². The van der Waals surface area contributed by atoms with Gasteiger partial charge in [-0.05, 0) is 59.7 Å². The molecule has 1 aromatic rings. The predicted molar refractivity (Wildman–Crippen MR) is 97.4 cm³/mol. The highest BCUT2D eigenvalue weighted by molar-refractivity contribution is 6.10. The predicted octanol–water partition coefficient (Wildman–Crippen LogP) is 4.02. The van der Waals surface area contributed by atoms with Crippen molar-refractivity contribution in [3.05, 3.63) is 29.3 Å². The van der Waals surface area contributed by atoms with Gasteiger partial charge in [-0.3, -0.25) is 0 Å². The number of methoxy groups -OCH3 is 1. The number of ether oxygens (including phenoxy) is 3. The summed E-state index contributed by atoms with van der Waals surface area (Å²) >= 11 is 0. The number of hydrogen-bond donors (Lipinski definition) is 0. The molecule has 0 saturated carbocycles. The van der Waals surface area contributed by atoms with E-state index in [0.29, 0.717) is 4.90 Å². The Hall–Kier alpha value is -3.08. The van der Waals surface area contributed by atoms with Crippen LogP contribution in [-0.2, 0) is 14.2 Å². The van der Waals surface area contributed by atoms with Crippen molar-refractivity contribution in [3.63, 3.8) is 0 Å². The second-order valence-corrected chi connectivity index (χ2v) is 7.63. The third kappa shape index (κ3) is 6.29. The smallest absolute Gasteiger partial charge is 0.424 e. The summed E-state index contributed by atoms with van der Waals surface area (Å²) in [7, 11) is 1.20. The van der Waals surface area contributed by atoms with Crippen molar-refractivity contribution < 1.29 is 28.6 Å². The highest BCUT2D eigenvalue weighted by atomic mass is 16.6. The summed E-state index contributed by atoms with van der Waals surface area (Å²) in [5, 5.41) is 9.44. The lowest BCUT2D eigenvalue weighted by Gasteiger charge is -2.29. The van der Waals surface area contributed by atoms with E-state index >= 15 is 0 Å². The Morgan fingerprint density at radius 3 is 1.81 bits per heavy atom. The summed E-state index contributed by atoms with van der Waals surface area (Å²) in [6.07, 6.45) is -2.00. The highest BCUT2D eigenvalue weighted by Crippen LogP contribution is 2.26. The number of carbonyl (C=O) groups is 3. The highest BCUT2D eigenvalue weighted by Gasteiger charge is 2.34. The molecule has 0 unspecified atom stereocenters. The van der Waals surface area contributed by atoms with Gasteiger partial charge in [0.05, 0.1) is 23.9 Å². The molecule has 27 heavy (non-hydrogen) atoms. The van der Waals surface area contributed by atoms with Gasteiger partial charge in [0.25, 0.3) is 0 Å². The van der Waals surface area contributed by atoms with Crippen LogP contribution in [0.1, 0.15) is 57.5 Å². The molecule has 0 N–H and O–H groups in total. The van der Waals surface area contributed by atoms with E-state index in [0.717, 1.165) is 0 Å². The average Bonchev–Trinajstić information content (AvgIpc) is 2.51. The molecule has 0 saturated heterocycles. The van der Waals surface area contributed by atoms with Crippen molar-refractivity contribution in [1.82, 2.24) is 0 Å². The summed E-state index contributed by atoms with van der Waals surface area (Å²) in [6.45, 7) is 9.86. The van der Waals surface area contributed by atoms with Crippen LogP contribution in [0, 0.1) is 11.3 Å². The topological polar surface area (TPSA) is 106 Å². The van der Waals surface area contributed by atoms with Crippen LogP contribution >= 0.6 is 0 Å². The van der Waals surface area contributed by atoms with E-state index in [1.54, 1.807) is 41.5 Å². The van der Waals surface area contributed by atoms with Crippen LogP contribution in [0.4, 0.5) is 15.3 Å². The van der Waals surface area contributed by atoms with Gasteiger partial charge in [0.2, 0.25) is 0 Å². The number of benzene rings is 1. The number of rotatable bonds is 2. The number of nitriles is 1. The van der Waals surface area contributed by atoms with Crippen LogP contribution in [0.15, 0.2) is 18.2 Å². The molecule has 2 amide bonds. The molecule has 8 nitrogen and oxygen atoms in total. The molecule has 0 aliphatic carbocycles. The van der Waals surface area contributed by atoms with Gasteiger partial charge >= 0.3 is 18.2 Å². The van der Waals surface area contributed by atoms with Gasteiger partial charge in [-0.15, -0.1) is 0 Å². The number of esters is 1. The minimum Gasteiger partial charge on any atom is -0.465 e. The van der Waals surface area contributed by atoms with Gasteiger partial charge in [0, 0.05) is 0 Å². The first-order valence-corrected chi connectivity index (χ1v) is 8.17. The van der Waals surface area contributed by atoms with E-state index in [4.69, 9.17) is 9.47 Å². The largest absolute Gasteiger partial charge is 0.465 e. The second-order valence-electron chi connectivity index (χ2n) is 7.63. The molecular weight excluding hydrogens is 352 g/mol. The fourth-order valence-electron chi connectivity index (χ4n) is 1.95. The maximum Gasteiger partial charge on any atom is 0.424 e. The lowest BCUT2D eigenvalue weighted by atomic mass is 10.1. The quantitative estimate of drug-likeness (QED) is 0.567. The van der Waals surface area contributed by atoms with E-state index in [1.807, 2.05) is 6.07 Å². The van der Waals surface area contributed by atoms with Crippen LogP contribution in [-0.4, -0.2) is 36.5 Å². The third-order valence-electron chi connectivity index (χ3n) is 2.93. The average molecular weight is 376 g/mol. The lowest BCUT2D eigenvalue weighted by molar-refractivity contribution is 0.0430. The maximum absolute atomic E-state index is 12.6. The second kappa shape index (κ2) is 8.08. The van der Waals surface area contributed by atoms with E-state index in [-0.39, 0.29) is 16.8 Å². The number of nitrogens with zero attached hydrogens (tertiary/aromatic N) is 2. The standard InChI is InChI=1S/C19H24N2O6/c1-18(2,3)26-16(23)21(17(24)27-19(4,5)6)14-9-8-12(15(22)25-7)10-13(14)11-20/h8-10H,1-7H3. The Labute approximate surface area is 158 Å². The van der Waals surface area contributed by atoms with Crippen molar-refractivity contribution >= 4 is 23.8 Å². The van der Waals surface area contributed by atoms with Gasteiger partial charge in [-0.2, -0.15) is 10.2 Å². The fraction of sp³-hybridized carbons (Fsp3) is 0.474. The van der Waals surface area contributed by atoms with Crippen LogP contribution < -0.4 is 4.90 Å². The molecule has 0 spiro atoms. The molecule has 0 aliphatic rings. The molecule has 1 aromatic carbocycles. The Morgan fingerprint density at radius 2 is 1.44 bits per heavy atom. The first kappa shape index (κ1) is 22.0. The Morgan fingerprint density at radius 1 is 0.963 bits per heavy atom. The van der Waals surface area contributed by atoms with Crippen molar-refractivity contribution in [2.45, 2.75) is 52.7 Å². The van der Waals surface area contributed by atoms with Gasteiger partial charge in [-0.25, -0.2) is 14.4 Å². The van der Waals surface area contributed by atoms with Crippen LogP contribution in [0.5, 0.6) is 0 Å². The first-order chi connectivity index (χ1) is 12.3. The monoisotopic (exact) mass is 376 g/mol. The SMILES string of the molecule is COC(=O)c1ccc(N(C(=O)OC(C)(C)C)C(=O)OC(C)(C)C)c(C#N)c1. The molecule has 0 atom stereocenters. The number of amides is 2. The van der Waals surface area contributed by atoms with E-state index < -0.39 is 29.4 Å². The summed E-state index contributed by atoms with van der Waals surface area (Å²) in [5.41, 5.74) is -1.80. The number of imide groups is 1. The normalized spacial score (nSPS) is 11.2. The zero-order valence-corrected chi connectivity index (χ0v) is 16.6. The van der Waals surface area contributed by atoms with Gasteiger partial charge in [0.1, 0.15) is 17.3 Å². The first-order valence-electron chi connectivity index (χ1n) is 8.17. The maximum atomic E-state index is 12.6. The Balaban J connectivity index is 3.46. The fourth-order valence-corrected chi connectivity index (χ4v) is 1.95. The van der Waals surface area contributed by atoms with Gasteiger partial charge in [-0.1, -0.05) is 0 Å². The van der Waals surface area contributed by atoms with Crippen LogP contribution in [0.3, 0.4) is 0 Å². The zero-order chi connectivity index (χ0) is 21.0. The summed E-state index contributed by atoms with van der Waals surface area (Å²) in [6, 6.07) is 5.72. The number of hydrogen-bond acceptors (Lipinski definition) is 7. The Kier molecular flexibility index (Phi) is 6.57. The van der Waals surface area contributed by atoms with Crippen LogP contribution in [0.25, 0.3) is 0 Å². The minimum atomic E-state index is -1.00. The van der Waals surface area contributed by atoms with E-state index in [2.05, 4.69) is 4.74 Å². The van der Waals surface area contributed by atoms with Gasteiger partial charge in [0.15, 0.2) is 0 Å². The number of anilines is 1. The number of carbonyl (C=O) groups excluding carboxylic acids is 3. The van der Waals surface area contributed by atoms with Crippen molar-refractivity contribution in [2.75, 3.05) is 12.0 Å². The molecule has 0 bridgehead atoms. The molecule has 0 aliphatic heterocycles. The molecule has 0 fully saturated rings. The van der Waals surface area contributed by atoms with E-state index in [9.17, 15) is 19.6 Å².